The minimum atomic E-state index is -3.53. The minimum Gasteiger partial charge on any atom is -0.449 e. The van der Waals surface area contributed by atoms with Gasteiger partial charge >= 0.3 is 6.09 Å². The maximum absolute atomic E-state index is 12.0. The Morgan fingerprint density at radius 3 is 2.94 bits per heavy atom. The fourth-order valence-electron chi connectivity index (χ4n) is 2.66. The normalized spacial score (nSPS) is 31.1. The number of ether oxygens (including phenoxy) is 1. The molecule has 1 heterocycles. The van der Waals surface area contributed by atoms with Gasteiger partial charge in [0.25, 0.3) is 0 Å². The van der Waals surface area contributed by atoms with Crippen molar-refractivity contribution in [3.63, 3.8) is 0 Å². The van der Waals surface area contributed by atoms with E-state index in [4.69, 9.17) is 4.74 Å². The molecule has 1 saturated carbocycles. The average Bonchev–Trinajstić information content (AvgIpc) is 2.50. The van der Waals surface area contributed by atoms with E-state index in [0.29, 0.717) is 6.42 Å². The molecular formula is C11H17NO4S. The zero-order valence-corrected chi connectivity index (χ0v) is 10.7. The summed E-state index contributed by atoms with van der Waals surface area (Å²) < 4.78 is 29.7. The van der Waals surface area contributed by atoms with Crippen LogP contribution in [-0.2, 0) is 14.8 Å². The quantitative estimate of drug-likeness (QED) is 0.670. The molecule has 5 nitrogen and oxygen atoms in total. The molecule has 1 saturated heterocycles. The molecule has 2 unspecified atom stereocenters. The highest BCUT2D eigenvalue weighted by Gasteiger charge is 2.50. The maximum Gasteiger partial charge on any atom is 0.423 e. The molecule has 96 valence electrons. The maximum atomic E-state index is 12.0. The standard InChI is InChI=1S/C11H17NO4S/c1-3-16-11(13)12-10-6-4-5-8(2)9(10)7-17(12,14)15/h9-10H,2-7H2,1H3. The lowest BCUT2D eigenvalue weighted by Gasteiger charge is -2.30. The van der Waals surface area contributed by atoms with Crippen molar-refractivity contribution in [2.75, 3.05) is 12.4 Å². The van der Waals surface area contributed by atoms with Crippen LogP contribution in [-0.4, -0.2) is 37.2 Å². The second kappa shape index (κ2) is 4.33. The third-order valence-electron chi connectivity index (χ3n) is 3.43. The molecule has 6 heteroatoms. The Morgan fingerprint density at radius 1 is 1.59 bits per heavy atom. The van der Waals surface area contributed by atoms with E-state index in [1.165, 1.54) is 0 Å². The molecule has 2 atom stereocenters. The van der Waals surface area contributed by atoms with Gasteiger partial charge in [0.1, 0.15) is 0 Å². The molecule has 0 spiro atoms. The molecule has 1 amide bonds. The molecule has 0 bridgehead atoms. The summed E-state index contributed by atoms with van der Waals surface area (Å²) in [6.45, 7) is 5.77. The van der Waals surface area contributed by atoms with Gasteiger partial charge in [0.05, 0.1) is 18.4 Å². The molecule has 1 aliphatic carbocycles. The molecule has 17 heavy (non-hydrogen) atoms. The van der Waals surface area contributed by atoms with Gasteiger partial charge in [-0.1, -0.05) is 12.2 Å². The van der Waals surface area contributed by atoms with E-state index in [-0.39, 0.29) is 24.3 Å². The molecular weight excluding hydrogens is 242 g/mol. The van der Waals surface area contributed by atoms with Crippen molar-refractivity contribution in [3.05, 3.63) is 12.2 Å². The van der Waals surface area contributed by atoms with Crippen molar-refractivity contribution < 1.29 is 17.9 Å². The molecule has 0 radical (unpaired) electrons. The zero-order valence-electron chi connectivity index (χ0n) is 9.89. The van der Waals surface area contributed by atoms with E-state index in [9.17, 15) is 13.2 Å². The van der Waals surface area contributed by atoms with Crippen LogP contribution in [0, 0.1) is 5.92 Å². The number of hydrogen-bond acceptors (Lipinski definition) is 4. The van der Waals surface area contributed by atoms with E-state index >= 15 is 0 Å². The Bertz CT molecular complexity index is 442. The van der Waals surface area contributed by atoms with Crippen LogP contribution in [0.4, 0.5) is 4.79 Å². The van der Waals surface area contributed by atoms with Crippen LogP contribution >= 0.6 is 0 Å². The largest absolute Gasteiger partial charge is 0.449 e. The van der Waals surface area contributed by atoms with Crippen molar-refractivity contribution in [1.82, 2.24) is 4.31 Å². The zero-order chi connectivity index (χ0) is 12.6. The lowest BCUT2D eigenvalue weighted by molar-refractivity contribution is 0.116. The van der Waals surface area contributed by atoms with Crippen LogP contribution in [0.15, 0.2) is 12.2 Å². The van der Waals surface area contributed by atoms with Crippen molar-refractivity contribution in [3.8, 4) is 0 Å². The molecule has 1 aliphatic heterocycles. The lowest BCUT2D eigenvalue weighted by atomic mass is 9.82. The lowest BCUT2D eigenvalue weighted by Crippen LogP contribution is -2.41. The predicted octanol–water partition coefficient (Wildman–Crippen LogP) is 1.51. The van der Waals surface area contributed by atoms with E-state index < -0.39 is 16.1 Å². The molecule has 2 fully saturated rings. The monoisotopic (exact) mass is 259 g/mol. The third kappa shape index (κ3) is 2.06. The fraction of sp³-hybridized carbons (Fsp3) is 0.727. The van der Waals surface area contributed by atoms with Gasteiger partial charge in [-0.25, -0.2) is 17.5 Å². The van der Waals surface area contributed by atoms with Gasteiger partial charge in [-0.3, -0.25) is 0 Å². The van der Waals surface area contributed by atoms with Crippen molar-refractivity contribution >= 4 is 16.1 Å². The van der Waals surface area contributed by atoms with Crippen LogP contribution in [0.5, 0.6) is 0 Å². The second-order valence-electron chi connectivity index (χ2n) is 4.50. The summed E-state index contributed by atoms with van der Waals surface area (Å²) in [7, 11) is -3.53. The molecule has 2 aliphatic rings. The molecule has 0 aromatic carbocycles. The van der Waals surface area contributed by atoms with E-state index in [2.05, 4.69) is 6.58 Å². The first-order valence-corrected chi connectivity index (χ1v) is 7.45. The number of hydrogen-bond donors (Lipinski definition) is 0. The minimum absolute atomic E-state index is 0.00465. The van der Waals surface area contributed by atoms with Crippen molar-refractivity contribution in [1.29, 1.82) is 0 Å². The number of carbonyl (C=O) groups is 1. The first-order chi connectivity index (χ1) is 7.97. The van der Waals surface area contributed by atoms with Gasteiger partial charge in [0, 0.05) is 5.92 Å². The average molecular weight is 259 g/mol. The Morgan fingerprint density at radius 2 is 2.29 bits per heavy atom. The van der Waals surface area contributed by atoms with Gasteiger partial charge in [-0.2, -0.15) is 0 Å². The van der Waals surface area contributed by atoms with Crippen LogP contribution < -0.4 is 0 Å². The highest BCUT2D eigenvalue weighted by Crippen LogP contribution is 2.40. The van der Waals surface area contributed by atoms with Crippen LogP contribution in [0.3, 0.4) is 0 Å². The fourth-order valence-corrected chi connectivity index (χ4v) is 4.67. The summed E-state index contributed by atoms with van der Waals surface area (Å²) in [6, 6.07) is -0.278. The predicted molar refractivity (Wildman–Crippen MR) is 62.9 cm³/mol. The molecule has 0 N–H and O–H groups in total. The van der Waals surface area contributed by atoms with Gasteiger partial charge in [-0.05, 0) is 26.2 Å². The number of sulfonamides is 1. The molecule has 0 aromatic rings. The van der Waals surface area contributed by atoms with E-state index in [0.717, 1.165) is 22.7 Å². The summed E-state index contributed by atoms with van der Waals surface area (Å²) >= 11 is 0. The number of carbonyl (C=O) groups excluding carboxylic acids is 1. The highest BCUT2D eigenvalue weighted by molar-refractivity contribution is 7.89. The van der Waals surface area contributed by atoms with Crippen LogP contribution in [0.2, 0.25) is 0 Å². The second-order valence-corrected chi connectivity index (χ2v) is 6.39. The van der Waals surface area contributed by atoms with Crippen LogP contribution in [0.1, 0.15) is 26.2 Å². The molecule has 2 rings (SSSR count). The number of nitrogens with zero attached hydrogens (tertiary/aromatic N) is 1. The first-order valence-electron chi connectivity index (χ1n) is 5.84. The SMILES string of the molecule is C=C1CCCC2C1CS(=O)(=O)N2C(=O)OCC. The van der Waals surface area contributed by atoms with Crippen molar-refractivity contribution in [2.45, 2.75) is 32.2 Å². The topological polar surface area (TPSA) is 63.7 Å². The van der Waals surface area contributed by atoms with Gasteiger partial charge in [-0.15, -0.1) is 0 Å². The number of fused-ring (bicyclic) bond motifs is 1. The summed E-state index contributed by atoms with van der Waals surface area (Å²) in [6.07, 6.45) is 1.70. The van der Waals surface area contributed by atoms with Gasteiger partial charge in [0.2, 0.25) is 10.0 Å². The van der Waals surface area contributed by atoms with Gasteiger partial charge < -0.3 is 4.74 Å². The smallest absolute Gasteiger partial charge is 0.423 e. The summed E-state index contributed by atoms with van der Waals surface area (Å²) in [5, 5.41) is 0. The Hall–Kier alpha value is -1.04. The summed E-state index contributed by atoms with van der Waals surface area (Å²) in [5.74, 6) is -0.117. The third-order valence-corrected chi connectivity index (χ3v) is 5.23. The highest BCUT2D eigenvalue weighted by atomic mass is 32.2. The summed E-state index contributed by atoms with van der Waals surface area (Å²) in [5.41, 5.74) is 0.941. The summed E-state index contributed by atoms with van der Waals surface area (Å²) in [4.78, 5) is 11.7. The number of amides is 1. The Kier molecular flexibility index (Phi) is 3.16. The number of rotatable bonds is 1. The first kappa shape index (κ1) is 12.4. The van der Waals surface area contributed by atoms with Crippen LogP contribution in [0.25, 0.3) is 0 Å². The van der Waals surface area contributed by atoms with E-state index in [1.807, 2.05) is 0 Å². The Labute approximate surface area is 101 Å². The Balaban J connectivity index is 2.30. The van der Waals surface area contributed by atoms with E-state index in [1.54, 1.807) is 6.92 Å². The van der Waals surface area contributed by atoms with Gasteiger partial charge in [0.15, 0.2) is 0 Å². The van der Waals surface area contributed by atoms with Crippen molar-refractivity contribution in [2.24, 2.45) is 5.92 Å². The molecule has 0 aromatic heterocycles.